The van der Waals surface area contributed by atoms with Crippen LogP contribution >= 0.6 is 0 Å². The number of aliphatic hydroxyl groups is 1. The van der Waals surface area contributed by atoms with Gasteiger partial charge in [0.2, 0.25) is 0 Å². The van der Waals surface area contributed by atoms with Crippen LogP contribution in [0.4, 0.5) is 0 Å². The molecule has 2 atom stereocenters. The highest BCUT2D eigenvalue weighted by atomic mass is 16.5. The van der Waals surface area contributed by atoms with Gasteiger partial charge in [-0.05, 0) is 19.4 Å². The molecule has 0 saturated carbocycles. The Morgan fingerprint density at radius 3 is 3.17 bits per heavy atom. The van der Waals surface area contributed by atoms with Crippen LogP contribution in [-0.2, 0) is 4.74 Å². The zero-order valence-corrected chi connectivity index (χ0v) is 7.23. The summed E-state index contributed by atoms with van der Waals surface area (Å²) in [5.41, 5.74) is 6.40. The van der Waals surface area contributed by atoms with Crippen LogP contribution in [-0.4, -0.2) is 23.9 Å². The van der Waals surface area contributed by atoms with Gasteiger partial charge in [-0.2, -0.15) is 0 Å². The summed E-state index contributed by atoms with van der Waals surface area (Å²) in [7, 11) is 0. The normalized spacial score (nSPS) is 25.2. The lowest BCUT2D eigenvalue weighted by Crippen LogP contribution is -2.25. The molecule has 0 heterocycles. The molecule has 2 unspecified atom stereocenters. The van der Waals surface area contributed by atoms with Gasteiger partial charge in [0.1, 0.15) is 6.10 Å². The van der Waals surface area contributed by atoms with E-state index < -0.39 is 6.10 Å². The largest absolute Gasteiger partial charge is 0.400 e. The molecule has 3 nitrogen and oxygen atoms in total. The van der Waals surface area contributed by atoms with E-state index in [9.17, 15) is 0 Å². The fraction of sp³-hybridized carbons (Fsp3) is 0.556. The minimum absolute atomic E-state index is 0.0513. The Morgan fingerprint density at radius 2 is 2.58 bits per heavy atom. The van der Waals surface area contributed by atoms with E-state index in [4.69, 9.17) is 15.6 Å². The second kappa shape index (κ2) is 4.28. The molecule has 3 N–H and O–H groups in total. The molecule has 0 aromatic carbocycles. The van der Waals surface area contributed by atoms with Crippen LogP contribution in [0.15, 0.2) is 23.9 Å². The van der Waals surface area contributed by atoms with Crippen molar-refractivity contribution in [1.29, 1.82) is 0 Å². The van der Waals surface area contributed by atoms with Crippen LogP contribution in [0.5, 0.6) is 0 Å². The molecule has 0 aromatic rings. The molecule has 12 heavy (non-hydrogen) atoms. The fourth-order valence-corrected chi connectivity index (χ4v) is 1.04. The molecule has 1 rings (SSSR count). The molecule has 0 radical (unpaired) electrons. The summed E-state index contributed by atoms with van der Waals surface area (Å²) in [6.07, 6.45) is 6.07. The van der Waals surface area contributed by atoms with Gasteiger partial charge >= 0.3 is 0 Å². The van der Waals surface area contributed by atoms with Crippen molar-refractivity contribution < 1.29 is 9.84 Å². The lowest BCUT2D eigenvalue weighted by atomic mass is 10.1. The van der Waals surface area contributed by atoms with E-state index in [1.807, 2.05) is 18.2 Å². The minimum atomic E-state index is -0.427. The van der Waals surface area contributed by atoms with E-state index in [1.54, 1.807) is 6.92 Å². The summed E-state index contributed by atoms with van der Waals surface area (Å²) in [6, 6.07) is 0. The zero-order valence-electron chi connectivity index (χ0n) is 7.23. The molecular formula is C9H15NO2. The summed E-state index contributed by atoms with van der Waals surface area (Å²) in [4.78, 5) is 0. The Labute approximate surface area is 72.5 Å². The van der Waals surface area contributed by atoms with Gasteiger partial charge in [-0.1, -0.05) is 12.2 Å². The van der Waals surface area contributed by atoms with Crippen molar-refractivity contribution in [1.82, 2.24) is 0 Å². The first-order valence-corrected chi connectivity index (χ1v) is 4.12. The van der Waals surface area contributed by atoms with Gasteiger partial charge in [0.05, 0.1) is 12.7 Å². The Kier molecular flexibility index (Phi) is 3.31. The third-order valence-electron chi connectivity index (χ3n) is 1.69. The first-order chi connectivity index (χ1) is 5.70. The van der Waals surface area contributed by atoms with Crippen molar-refractivity contribution in [2.24, 2.45) is 5.73 Å². The van der Waals surface area contributed by atoms with Gasteiger partial charge in [0.15, 0.2) is 0 Å². The number of hydrogen-bond donors (Lipinski definition) is 2. The predicted octanol–water partition coefficient (Wildman–Crippen LogP) is 0.555. The summed E-state index contributed by atoms with van der Waals surface area (Å²) >= 11 is 0. The van der Waals surface area contributed by atoms with E-state index in [2.05, 4.69) is 0 Å². The highest BCUT2D eigenvalue weighted by Gasteiger charge is 2.13. The molecule has 68 valence electrons. The fourth-order valence-electron chi connectivity index (χ4n) is 1.04. The third kappa shape index (κ3) is 2.68. The van der Waals surface area contributed by atoms with Crippen LogP contribution < -0.4 is 5.73 Å². The van der Waals surface area contributed by atoms with Crippen molar-refractivity contribution in [2.45, 2.75) is 25.6 Å². The van der Waals surface area contributed by atoms with Crippen molar-refractivity contribution in [3.05, 3.63) is 23.9 Å². The van der Waals surface area contributed by atoms with Crippen molar-refractivity contribution in [3.63, 3.8) is 0 Å². The third-order valence-corrected chi connectivity index (χ3v) is 1.69. The molecule has 1 aliphatic rings. The number of rotatable bonds is 3. The van der Waals surface area contributed by atoms with Crippen molar-refractivity contribution in [3.8, 4) is 0 Å². The van der Waals surface area contributed by atoms with Gasteiger partial charge in [-0.25, -0.2) is 0 Å². The van der Waals surface area contributed by atoms with E-state index in [0.29, 0.717) is 6.61 Å². The highest BCUT2D eigenvalue weighted by molar-refractivity contribution is 5.19. The van der Waals surface area contributed by atoms with Crippen LogP contribution in [0.3, 0.4) is 0 Å². The summed E-state index contributed by atoms with van der Waals surface area (Å²) in [6.45, 7) is 2.03. The summed E-state index contributed by atoms with van der Waals surface area (Å²) < 4.78 is 5.36. The SMILES string of the molecule is CC(O)COC1CC=CC=C1N. The summed E-state index contributed by atoms with van der Waals surface area (Å²) in [5, 5.41) is 8.97. The molecule has 0 spiro atoms. The average Bonchev–Trinajstić information content (AvgIpc) is 2.03. The van der Waals surface area contributed by atoms with E-state index >= 15 is 0 Å². The molecule has 1 aliphatic carbocycles. The smallest absolute Gasteiger partial charge is 0.100 e. The molecule has 0 aliphatic heterocycles. The maximum absolute atomic E-state index is 8.97. The Balaban J connectivity index is 2.33. The second-order valence-corrected chi connectivity index (χ2v) is 3.00. The number of hydrogen-bond acceptors (Lipinski definition) is 3. The average molecular weight is 169 g/mol. The van der Waals surface area contributed by atoms with Crippen LogP contribution in [0.1, 0.15) is 13.3 Å². The van der Waals surface area contributed by atoms with E-state index in [1.165, 1.54) is 0 Å². The second-order valence-electron chi connectivity index (χ2n) is 3.00. The highest BCUT2D eigenvalue weighted by Crippen LogP contribution is 2.12. The number of nitrogens with two attached hydrogens (primary N) is 1. The number of allylic oxidation sites excluding steroid dienone is 2. The quantitative estimate of drug-likeness (QED) is 0.649. The van der Waals surface area contributed by atoms with Gasteiger partial charge in [-0.15, -0.1) is 0 Å². The van der Waals surface area contributed by atoms with Crippen LogP contribution in [0.2, 0.25) is 0 Å². The Morgan fingerprint density at radius 1 is 1.83 bits per heavy atom. The zero-order chi connectivity index (χ0) is 8.97. The first-order valence-electron chi connectivity index (χ1n) is 4.12. The summed E-state index contributed by atoms with van der Waals surface area (Å²) in [5.74, 6) is 0. The molecular weight excluding hydrogens is 154 g/mol. The van der Waals surface area contributed by atoms with Crippen molar-refractivity contribution in [2.75, 3.05) is 6.61 Å². The topological polar surface area (TPSA) is 55.5 Å². The standard InChI is InChI=1S/C9H15NO2/c1-7(11)6-12-9-5-3-2-4-8(9)10/h2-4,7,9,11H,5-6,10H2,1H3. The number of aliphatic hydroxyl groups excluding tert-OH is 1. The van der Waals surface area contributed by atoms with Crippen molar-refractivity contribution >= 4 is 0 Å². The Bertz CT molecular complexity index is 197. The van der Waals surface area contributed by atoms with E-state index in [0.717, 1.165) is 12.1 Å². The van der Waals surface area contributed by atoms with Crippen LogP contribution in [0.25, 0.3) is 0 Å². The molecule has 3 heteroatoms. The maximum Gasteiger partial charge on any atom is 0.100 e. The van der Waals surface area contributed by atoms with Gasteiger partial charge in [0.25, 0.3) is 0 Å². The van der Waals surface area contributed by atoms with Gasteiger partial charge in [-0.3, -0.25) is 0 Å². The predicted molar refractivity (Wildman–Crippen MR) is 47.4 cm³/mol. The molecule has 0 fully saturated rings. The molecule has 0 amide bonds. The maximum atomic E-state index is 8.97. The van der Waals surface area contributed by atoms with Gasteiger partial charge < -0.3 is 15.6 Å². The lowest BCUT2D eigenvalue weighted by molar-refractivity contribution is 0.0132. The molecule has 0 saturated heterocycles. The molecule has 0 aromatic heterocycles. The van der Waals surface area contributed by atoms with Crippen LogP contribution in [0, 0.1) is 0 Å². The number of ether oxygens (including phenoxy) is 1. The van der Waals surface area contributed by atoms with E-state index in [-0.39, 0.29) is 6.10 Å². The first kappa shape index (κ1) is 9.29. The Hall–Kier alpha value is -0.800. The monoisotopic (exact) mass is 169 g/mol. The lowest BCUT2D eigenvalue weighted by Gasteiger charge is -2.19. The molecule has 0 bridgehead atoms. The minimum Gasteiger partial charge on any atom is -0.400 e. The van der Waals surface area contributed by atoms with Gasteiger partial charge in [0, 0.05) is 5.70 Å².